The van der Waals surface area contributed by atoms with Gasteiger partial charge in [0, 0.05) is 19.1 Å². The molecule has 0 aliphatic carbocycles. The Hall–Kier alpha value is -1.59. The number of fused-ring (bicyclic) bond motifs is 1. The summed E-state index contributed by atoms with van der Waals surface area (Å²) in [7, 11) is 1.59. The predicted molar refractivity (Wildman–Crippen MR) is 66.1 cm³/mol. The predicted octanol–water partition coefficient (Wildman–Crippen LogP) is 1.14. The fraction of sp³-hybridized carbons (Fsp3) is 0.462. The summed E-state index contributed by atoms with van der Waals surface area (Å²) in [6.45, 7) is 1.72. The van der Waals surface area contributed by atoms with Gasteiger partial charge in [-0.2, -0.15) is 0 Å². The molecule has 0 saturated carbocycles. The van der Waals surface area contributed by atoms with Crippen LogP contribution in [0.5, 0.6) is 11.5 Å². The summed E-state index contributed by atoms with van der Waals surface area (Å²) >= 11 is 0. The van der Waals surface area contributed by atoms with Crippen molar-refractivity contribution in [2.75, 3.05) is 26.9 Å². The van der Waals surface area contributed by atoms with Crippen LogP contribution in [0.25, 0.3) is 0 Å². The van der Waals surface area contributed by atoms with Crippen molar-refractivity contribution >= 4 is 5.78 Å². The molecule has 5 nitrogen and oxygen atoms in total. The topological polar surface area (TPSA) is 70.8 Å². The largest absolute Gasteiger partial charge is 0.486 e. The minimum Gasteiger partial charge on any atom is -0.486 e. The van der Waals surface area contributed by atoms with E-state index in [1.807, 2.05) is 6.07 Å². The van der Waals surface area contributed by atoms with Crippen LogP contribution in [-0.4, -0.2) is 32.7 Å². The normalized spacial score (nSPS) is 13.4. The van der Waals surface area contributed by atoms with Crippen LogP contribution in [0.4, 0.5) is 0 Å². The van der Waals surface area contributed by atoms with E-state index >= 15 is 0 Å². The summed E-state index contributed by atoms with van der Waals surface area (Å²) in [4.78, 5) is 12.0. The maximum Gasteiger partial charge on any atom is 0.164 e. The number of carbonyl (C=O) groups is 1. The van der Waals surface area contributed by atoms with E-state index in [4.69, 9.17) is 19.9 Å². The molecule has 0 spiro atoms. The number of nitrogens with two attached hydrogens (primary N) is 1. The molecule has 0 aromatic heterocycles. The van der Waals surface area contributed by atoms with Gasteiger partial charge in [0.2, 0.25) is 0 Å². The molecule has 98 valence electrons. The average molecular weight is 251 g/mol. The zero-order chi connectivity index (χ0) is 13.0. The molecule has 2 rings (SSSR count). The first-order valence-corrected chi connectivity index (χ1v) is 5.91. The molecule has 0 fully saturated rings. The maximum atomic E-state index is 12.0. The van der Waals surface area contributed by atoms with Gasteiger partial charge in [-0.15, -0.1) is 0 Å². The van der Waals surface area contributed by atoms with Gasteiger partial charge in [-0.05, 0) is 24.2 Å². The summed E-state index contributed by atoms with van der Waals surface area (Å²) in [5.41, 5.74) is 6.83. The molecular weight excluding hydrogens is 234 g/mol. The number of rotatable bonds is 5. The molecule has 1 heterocycles. The highest BCUT2D eigenvalue weighted by atomic mass is 16.6. The molecule has 5 heteroatoms. The van der Waals surface area contributed by atoms with Gasteiger partial charge < -0.3 is 19.9 Å². The SMILES string of the molecule is COCc1cc2c(cc1C(=O)CCN)OCCO2. The third kappa shape index (κ3) is 2.63. The lowest BCUT2D eigenvalue weighted by Crippen LogP contribution is -2.17. The summed E-state index contributed by atoms with van der Waals surface area (Å²) < 4.78 is 16.1. The smallest absolute Gasteiger partial charge is 0.164 e. The zero-order valence-electron chi connectivity index (χ0n) is 10.4. The van der Waals surface area contributed by atoms with Crippen LogP contribution in [-0.2, 0) is 11.3 Å². The van der Waals surface area contributed by atoms with Gasteiger partial charge in [0.05, 0.1) is 6.61 Å². The Labute approximate surface area is 106 Å². The lowest BCUT2D eigenvalue weighted by molar-refractivity contribution is 0.0978. The fourth-order valence-electron chi connectivity index (χ4n) is 1.93. The van der Waals surface area contributed by atoms with Crippen LogP contribution in [0.1, 0.15) is 22.3 Å². The first-order chi connectivity index (χ1) is 8.76. The van der Waals surface area contributed by atoms with Gasteiger partial charge in [0.1, 0.15) is 13.2 Å². The molecule has 0 saturated heterocycles. The van der Waals surface area contributed by atoms with Crippen LogP contribution < -0.4 is 15.2 Å². The van der Waals surface area contributed by atoms with Gasteiger partial charge in [-0.25, -0.2) is 0 Å². The molecule has 1 aliphatic rings. The highest BCUT2D eigenvalue weighted by Gasteiger charge is 2.19. The Morgan fingerprint density at radius 2 is 2.00 bits per heavy atom. The standard InChI is InChI=1S/C13H17NO4/c1-16-8-9-6-12-13(18-5-4-17-12)7-10(9)11(15)2-3-14/h6-7H,2-5,8,14H2,1H3. The van der Waals surface area contributed by atoms with Crippen molar-refractivity contribution in [2.45, 2.75) is 13.0 Å². The van der Waals surface area contributed by atoms with Crippen molar-refractivity contribution in [3.63, 3.8) is 0 Å². The molecule has 1 aromatic rings. The first kappa shape index (κ1) is 12.9. The van der Waals surface area contributed by atoms with E-state index in [2.05, 4.69) is 0 Å². The minimum absolute atomic E-state index is 0.00141. The van der Waals surface area contributed by atoms with Gasteiger partial charge >= 0.3 is 0 Å². The third-order valence-electron chi connectivity index (χ3n) is 2.74. The summed E-state index contributed by atoms with van der Waals surface area (Å²) in [5.74, 6) is 1.28. The van der Waals surface area contributed by atoms with E-state index in [0.29, 0.717) is 49.8 Å². The number of carbonyl (C=O) groups excluding carboxylic acids is 1. The molecule has 2 N–H and O–H groups in total. The number of benzene rings is 1. The van der Waals surface area contributed by atoms with Gasteiger partial charge in [0.15, 0.2) is 17.3 Å². The number of hydrogen-bond acceptors (Lipinski definition) is 5. The van der Waals surface area contributed by atoms with Crippen LogP contribution >= 0.6 is 0 Å². The molecule has 0 unspecified atom stereocenters. The average Bonchev–Trinajstić information content (AvgIpc) is 2.38. The molecule has 0 bridgehead atoms. The molecule has 0 amide bonds. The summed E-state index contributed by atoms with van der Waals surface area (Å²) in [6.07, 6.45) is 0.316. The van der Waals surface area contributed by atoms with E-state index in [1.54, 1.807) is 13.2 Å². The highest BCUT2D eigenvalue weighted by Crippen LogP contribution is 2.34. The maximum absolute atomic E-state index is 12.0. The lowest BCUT2D eigenvalue weighted by atomic mass is 10.0. The van der Waals surface area contributed by atoms with E-state index in [-0.39, 0.29) is 5.78 Å². The van der Waals surface area contributed by atoms with Crippen LogP contribution in [0, 0.1) is 0 Å². The first-order valence-electron chi connectivity index (χ1n) is 5.91. The molecule has 0 radical (unpaired) electrons. The third-order valence-corrected chi connectivity index (χ3v) is 2.74. The number of Topliss-reactive ketones (excluding diaryl/α,β-unsaturated/α-hetero) is 1. The van der Waals surface area contributed by atoms with Gasteiger partial charge in [0.25, 0.3) is 0 Å². The van der Waals surface area contributed by atoms with Crippen molar-refractivity contribution in [1.29, 1.82) is 0 Å². The molecule has 1 aliphatic heterocycles. The van der Waals surface area contributed by atoms with E-state index < -0.39 is 0 Å². The van der Waals surface area contributed by atoms with E-state index in [0.717, 1.165) is 5.56 Å². The van der Waals surface area contributed by atoms with Crippen LogP contribution in [0.15, 0.2) is 12.1 Å². The Bertz CT molecular complexity index is 445. The summed E-state index contributed by atoms with van der Waals surface area (Å²) in [5, 5.41) is 0. The van der Waals surface area contributed by atoms with Crippen molar-refractivity contribution in [1.82, 2.24) is 0 Å². The number of ketones is 1. The fourth-order valence-corrected chi connectivity index (χ4v) is 1.93. The zero-order valence-corrected chi connectivity index (χ0v) is 10.4. The highest BCUT2D eigenvalue weighted by molar-refractivity contribution is 5.98. The van der Waals surface area contributed by atoms with Crippen molar-refractivity contribution in [3.05, 3.63) is 23.3 Å². The minimum atomic E-state index is 0.00141. The lowest BCUT2D eigenvalue weighted by Gasteiger charge is -2.20. The van der Waals surface area contributed by atoms with Crippen molar-refractivity contribution in [2.24, 2.45) is 5.73 Å². The Kier molecular flexibility index (Phi) is 4.17. The van der Waals surface area contributed by atoms with Gasteiger partial charge in [-0.1, -0.05) is 0 Å². The number of hydrogen-bond donors (Lipinski definition) is 1. The van der Waals surface area contributed by atoms with Crippen LogP contribution in [0.3, 0.4) is 0 Å². The number of methoxy groups -OCH3 is 1. The number of ether oxygens (including phenoxy) is 3. The molecule has 1 aromatic carbocycles. The van der Waals surface area contributed by atoms with Crippen molar-refractivity contribution in [3.8, 4) is 11.5 Å². The second kappa shape index (κ2) is 5.84. The molecular formula is C13H17NO4. The van der Waals surface area contributed by atoms with Gasteiger partial charge in [-0.3, -0.25) is 4.79 Å². The quantitative estimate of drug-likeness (QED) is 0.794. The Morgan fingerprint density at radius 1 is 1.33 bits per heavy atom. The molecule has 0 atom stereocenters. The summed E-state index contributed by atoms with van der Waals surface area (Å²) in [6, 6.07) is 3.53. The Morgan fingerprint density at radius 3 is 2.61 bits per heavy atom. The Balaban J connectivity index is 2.38. The van der Waals surface area contributed by atoms with E-state index in [9.17, 15) is 4.79 Å². The monoisotopic (exact) mass is 251 g/mol. The van der Waals surface area contributed by atoms with E-state index in [1.165, 1.54) is 0 Å². The molecule has 18 heavy (non-hydrogen) atoms. The second-order valence-electron chi connectivity index (χ2n) is 4.05. The van der Waals surface area contributed by atoms with Crippen LogP contribution in [0.2, 0.25) is 0 Å². The van der Waals surface area contributed by atoms with Crippen molar-refractivity contribution < 1.29 is 19.0 Å². The second-order valence-corrected chi connectivity index (χ2v) is 4.05.